The van der Waals surface area contributed by atoms with Crippen LogP contribution in [0.2, 0.25) is 0 Å². The number of benzene rings is 2. The minimum atomic E-state index is -4.50. The third-order valence-corrected chi connectivity index (χ3v) is 2.94. The SMILES string of the molecule is COc1ccc(CNc2cc(C(F)(F)F)ccc2F)cc1. The molecule has 0 aliphatic rings. The molecule has 0 saturated carbocycles. The van der Waals surface area contributed by atoms with E-state index in [-0.39, 0.29) is 12.2 Å². The molecule has 112 valence electrons. The fourth-order valence-electron chi connectivity index (χ4n) is 1.78. The van der Waals surface area contributed by atoms with E-state index in [9.17, 15) is 17.6 Å². The van der Waals surface area contributed by atoms with Crippen LogP contribution in [0.4, 0.5) is 23.2 Å². The highest BCUT2D eigenvalue weighted by atomic mass is 19.4. The van der Waals surface area contributed by atoms with Crippen molar-refractivity contribution in [3.05, 3.63) is 59.4 Å². The lowest BCUT2D eigenvalue weighted by atomic mass is 10.1. The second-order valence-corrected chi connectivity index (χ2v) is 4.39. The van der Waals surface area contributed by atoms with Crippen LogP contribution in [0.5, 0.6) is 5.75 Å². The molecule has 21 heavy (non-hydrogen) atoms. The Kier molecular flexibility index (Phi) is 4.35. The van der Waals surface area contributed by atoms with E-state index in [0.29, 0.717) is 11.8 Å². The molecule has 0 fully saturated rings. The highest BCUT2D eigenvalue weighted by Crippen LogP contribution is 2.31. The van der Waals surface area contributed by atoms with E-state index in [4.69, 9.17) is 4.74 Å². The molecule has 0 saturated heterocycles. The highest BCUT2D eigenvalue weighted by Gasteiger charge is 2.31. The normalized spacial score (nSPS) is 11.3. The van der Waals surface area contributed by atoms with Crippen molar-refractivity contribution >= 4 is 5.69 Å². The molecule has 0 heterocycles. The van der Waals surface area contributed by atoms with Crippen LogP contribution in [-0.2, 0) is 12.7 Å². The molecule has 0 spiro atoms. The number of hydrogen-bond donors (Lipinski definition) is 1. The summed E-state index contributed by atoms with van der Waals surface area (Å²) >= 11 is 0. The van der Waals surface area contributed by atoms with Crippen LogP contribution in [0.3, 0.4) is 0 Å². The fraction of sp³-hybridized carbons (Fsp3) is 0.200. The quantitative estimate of drug-likeness (QED) is 0.841. The minimum absolute atomic E-state index is 0.180. The fourth-order valence-corrected chi connectivity index (χ4v) is 1.78. The molecule has 0 atom stereocenters. The smallest absolute Gasteiger partial charge is 0.416 e. The standard InChI is InChI=1S/C15H13F4NO/c1-21-12-5-2-10(3-6-12)9-20-14-8-11(15(17,18)19)4-7-13(14)16/h2-8,20H,9H2,1H3. The number of hydrogen-bond acceptors (Lipinski definition) is 2. The van der Waals surface area contributed by atoms with E-state index in [1.807, 2.05) is 0 Å². The predicted molar refractivity (Wildman–Crippen MR) is 71.7 cm³/mol. The molecule has 2 aromatic rings. The first-order chi connectivity index (χ1) is 9.90. The van der Waals surface area contributed by atoms with Crippen molar-refractivity contribution in [1.82, 2.24) is 0 Å². The van der Waals surface area contributed by atoms with E-state index in [1.54, 1.807) is 24.3 Å². The largest absolute Gasteiger partial charge is 0.497 e. The molecule has 0 aromatic heterocycles. The first-order valence-electron chi connectivity index (χ1n) is 6.13. The van der Waals surface area contributed by atoms with Gasteiger partial charge in [-0.25, -0.2) is 4.39 Å². The van der Waals surface area contributed by atoms with Gasteiger partial charge in [-0.3, -0.25) is 0 Å². The monoisotopic (exact) mass is 299 g/mol. The maximum absolute atomic E-state index is 13.5. The van der Waals surface area contributed by atoms with Crippen LogP contribution in [0.15, 0.2) is 42.5 Å². The molecule has 6 heteroatoms. The summed E-state index contributed by atoms with van der Waals surface area (Å²) in [7, 11) is 1.53. The van der Waals surface area contributed by atoms with Gasteiger partial charge in [0.05, 0.1) is 18.4 Å². The highest BCUT2D eigenvalue weighted by molar-refractivity contribution is 5.48. The van der Waals surface area contributed by atoms with Crippen molar-refractivity contribution in [1.29, 1.82) is 0 Å². The Morgan fingerprint density at radius 3 is 2.29 bits per heavy atom. The third-order valence-electron chi connectivity index (χ3n) is 2.94. The van der Waals surface area contributed by atoms with Gasteiger partial charge >= 0.3 is 6.18 Å². The van der Waals surface area contributed by atoms with Gasteiger partial charge in [-0.1, -0.05) is 12.1 Å². The summed E-state index contributed by atoms with van der Waals surface area (Å²) < 4.78 is 56.3. The van der Waals surface area contributed by atoms with Crippen LogP contribution in [0, 0.1) is 5.82 Å². The molecular weight excluding hydrogens is 286 g/mol. The summed E-state index contributed by atoms with van der Waals surface area (Å²) in [4.78, 5) is 0. The van der Waals surface area contributed by atoms with Gasteiger partial charge in [-0.15, -0.1) is 0 Å². The molecule has 0 aliphatic carbocycles. The first kappa shape index (κ1) is 15.2. The summed E-state index contributed by atoms with van der Waals surface area (Å²) in [5.74, 6) is -0.0551. The van der Waals surface area contributed by atoms with Crippen LogP contribution < -0.4 is 10.1 Å². The summed E-state index contributed by atoms with van der Waals surface area (Å²) in [5, 5.41) is 2.66. The van der Waals surface area contributed by atoms with Gasteiger partial charge in [0.2, 0.25) is 0 Å². The first-order valence-corrected chi connectivity index (χ1v) is 6.13. The van der Waals surface area contributed by atoms with Crippen LogP contribution in [0.25, 0.3) is 0 Å². The van der Waals surface area contributed by atoms with Crippen LogP contribution in [0.1, 0.15) is 11.1 Å². The van der Waals surface area contributed by atoms with Gasteiger partial charge in [0, 0.05) is 6.54 Å². The van der Waals surface area contributed by atoms with Crippen molar-refractivity contribution in [2.45, 2.75) is 12.7 Å². The molecule has 2 nitrogen and oxygen atoms in total. The summed E-state index contributed by atoms with van der Waals surface area (Å²) in [6.07, 6.45) is -4.50. The third kappa shape index (κ3) is 3.87. The van der Waals surface area contributed by atoms with Gasteiger partial charge in [0.25, 0.3) is 0 Å². The van der Waals surface area contributed by atoms with Crippen LogP contribution in [-0.4, -0.2) is 7.11 Å². The zero-order chi connectivity index (χ0) is 15.5. The van der Waals surface area contributed by atoms with Crippen molar-refractivity contribution in [3.8, 4) is 5.75 Å². The van der Waals surface area contributed by atoms with E-state index in [0.717, 1.165) is 17.7 Å². The van der Waals surface area contributed by atoms with Crippen molar-refractivity contribution in [2.75, 3.05) is 12.4 Å². The zero-order valence-electron chi connectivity index (χ0n) is 11.2. The maximum atomic E-state index is 13.5. The average Bonchev–Trinajstić information content (AvgIpc) is 2.45. The van der Waals surface area contributed by atoms with Gasteiger partial charge in [0.1, 0.15) is 11.6 Å². The van der Waals surface area contributed by atoms with Gasteiger partial charge in [0.15, 0.2) is 0 Å². The van der Waals surface area contributed by atoms with Crippen molar-refractivity contribution in [3.63, 3.8) is 0 Å². The van der Waals surface area contributed by atoms with Crippen LogP contribution >= 0.6 is 0 Å². The molecule has 0 aliphatic heterocycles. The second-order valence-electron chi connectivity index (χ2n) is 4.39. The Bertz CT molecular complexity index is 608. The van der Waals surface area contributed by atoms with E-state index >= 15 is 0 Å². The minimum Gasteiger partial charge on any atom is -0.497 e. The topological polar surface area (TPSA) is 21.3 Å². The maximum Gasteiger partial charge on any atom is 0.416 e. The van der Waals surface area contributed by atoms with E-state index in [2.05, 4.69) is 5.32 Å². The Morgan fingerprint density at radius 2 is 1.71 bits per heavy atom. The molecule has 0 unspecified atom stereocenters. The molecule has 0 radical (unpaired) electrons. The summed E-state index contributed by atoms with van der Waals surface area (Å²) in [6.45, 7) is 0.211. The van der Waals surface area contributed by atoms with Crippen molar-refractivity contribution < 1.29 is 22.3 Å². The molecule has 1 N–H and O–H groups in total. The van der Waals surface area contributed by atoms with Gasteiger partial charge in [-0.2, -0.15) is 13.2 Å². The molecule has 0 amide bonds. The summed E-state index contributed by atoms with van der Waals surface area (Å²) in [6, 6.07) is 9.22. The Balaban J connectivity index is 2.11. The number of anilines is 1. The van der Waals surface area contributed by atoms with E-state index in [1.165, 1.54) is 7.11 Å². The van der Waals surface area contributed by atoms with E-state index < -0.39 is 17.6 Å². The number of alkyl halides is 3. The average molecular weight is 299 g/mol. The number of nitrogens with one attached hydrogen (secondary N) is 1. The lowest BCUT2D eigenvalue weighted by Gasteiger charge is -2.12. The molecule has 2 aromatic carbocycles. The summed E-state index contributed by atoms with van der Waals surface area (Å²) in [5.41, 5.74) is -0.269. The zero-order valence-corrected chi connectivity index (χ0v) is 11.2. The Hall–Kier alpha value is -2.24. The molecular formula is C15H13F4NO. The van der Waals surface area contributed by atoms with Gasteiger partial charge < -0.3 is 10.1 Å². The molecule has 2 rings (SSSR count). The Labute approximate surface area is 119 Å². The second kappa shape index (κ2) is 6.03. The number of halogens is 4. The number of methoxy groups -OCH3 is 1. The lowest BCUT2D eigenvalue weighted by Crippen LogP contribution is -2.08. The predicted octanol–water partition coefficient (Wildman–Crippen LogP) is 4.47. The Morgan fingerprint density at radius 1 is 1.05 bits per heavy atom. The van der Waals surface area contributed by atoms with Gasteiger partial charge in [-0.05, 0) is 35.9 Å². The lowest BCUT2D eigenvalue weighted by molar-refractivity contribution is -0.137. The number of rotatable bonds is 4. The molecule has 0 bridgehead atoms. The van der Waals surface area contributed by atoms with Crippen molar-refractivity contribution in [2.24, 2.45) is 0 Å². The number of ether oxygens (including phenoxy) is 1.